The smallest absolute Gasteiger partial charge is 0.0650 e. The van der Waals surface area contributed by atoms with Gasteiger partial charge in [-0.25, -0.2) is 0 Å². The fourth-order valence-electron chi connectivity index (χ4n) is 1.05. The monoisotopic (exact) mass is 253 g/mol. The van der Waals surface area contributed by atoms with Crippen molar-refractivity contribution in [2.24, 2.45) is 0 Å². The molecule has 0 atom stereocenters. The zero-order valence-electron chi connectivity index (χ0n) is 8.08. The standard InChI is InChI=1S/C12H14BrO/c1-2-8-14-9-4-6-11-5-3-7-12(13)10-11/h3-7,10H,1-2,8-9H2/b6-4+. The highest BCUT2D eigenvalue weighted by molar-refractivity contribution is 9.10. The van der Waals surface area contributed by atoms with Gasteiger partial charge in [0.15, 0.2) is 0 Å². The van der Waals surface area contributed by atoms with Gasteiger partial charge in [0, 0.05) is 11.1 Å². The van der Waals surface area contributed by atoms with E-state index >= 15 is 0 Å². The van der Waals surface area contributed by atoms with Gasteiger partial charge in [-0.2, -0.15) is 0 Å². The Morgan fingerprint density at radius 2 is 2.29 bits per heavy atom. The Kier molecular flexibility index (Phi) is 5.57. The maximum atomic E-state index is 5.27. The molecule has 0 aliphatic rings. The predicted octanol–water partition coefficient (Wildman–Crippen LogP) is 3.70. The van der Waals surface area contributed by atoms with Crippen molar-refractivity contribution in [2.45, 2.75) is 6.42 Å². The van der Waals surface area contributed by atoms with Gasteiger partial charge >= 0.3 is 0 Å². The van der Waals surface area contributed by atoms with Crippen LogP contribution in [0.15, 0.2) is 34.8 Å². The Morgan fingerprint density at radius 3 is 3.00 bits per heavy atom. The molecule has 0 amide bonds. The van der Waals surface area contributed by atoms with Gasteiger partial charge in [-0.05, 0) is 24.1 Å². The van der Waals surface area contributed by atoms with E-state index in [1.54, 1.807) is 0 Å². The molecule has 0 unspecified atom stereocenters. The van der Waals surface area contributed by atoms with Crippen LogP contribution in [-0.4, -0.2) is 13.2 Å². The Balaban J connectivity index is 2.36. The Labute approximate surface area is 93.9 Å². The molecule has 2 heteroatoms. The normalized spacial score (nSPS) is 11.0. The summed E-state index contributed by atoms with van der Waals surface area (Å²) < 4.78 is 6.37. The predicted molar refractivity (Wildman–Crippen MR) is 64.0 cm³/mol. The SMILES string of the molecule is [CH2]CCOC/C=C/c1cccc(Br)c1. The molecule has 1 radical (unpaired) electrons. The highest BCUT2D eigenvalue weighted by Crippen LogP contribution is 2.12. The molecule has 0 fully saturated rings. The van der Waals surface area contributed by atoms with E-state index in [9.17, 15) is 0 Å². The summed E-state index contributed by atoms with van der Waals surface area (Å²) in [4.78, 5) is 0. The first-order valence-corrected chi connectivity index (χ1v) is 5.41. The lowest BCUT2D eigenvalue weighted by Crippen LogP contribution is -1.91. The van der Waals surface area contributed by atoms with Gasteiger partial charge in [0.2, 0.25) is 0 Å². The zero-order chi connectivity index (χ0) is 10.2. The second-order valence-corrected chi connectivity index (χ2v) is 3.80. The summed E-state index contributed by atoms with van der Waals surface area (Å²) in [5.41, 5.74) is 1.18. The Bertz CT molecular complexity index is 294. The van der Waals surface area contributed by atoms with Gasteiger partial charge in [0.05, 0.1) is 6.61 Å². The number of ether oxygens (including phenoxy) is 1. The van der Waals surface area contributed by atoms with Gasteiger partial charge in [0.1, 0.15) is 0 Å². The Hall–Kier alpha value is -0.600. The van der Waals surface area contributed by atoms with Crippen molar-refractivity contribution in [1.82, 2.24) is 0 Å². The molecule has 1 nitrogen and oxygen atoms in total. The topological polar surface area (TPSA) is 9.23 Å². The van der Waals surface area contributed by atoms with E-state index in [0.29, 0.717) is 6.61 Å². The fraction of sp³-hybridized carbons (Fsp3) is 0.250. The molecule has 14 heavy (non-hydrogen) atoms. The van der Waals surface area contributed by atoms with Crippen molar-refractivity contribution in [2.75, 3.05) is 13.2 Å². The zero-order valence-corrected chi connectivity index (χ0v) is 9.66. The first kappa shape index (κ1) is 11.5. The van der Waals surface area contributed by atoms with Crippen LogP contribution in [0.25, 0.3) is 6.08 Å². The van der Waals surface area contributed by atoms with Crippen LogP contribution in [0.1, 0.15) is 12.0 Å². The number of benzene rings is 1. The molecule has 0 saturated heterocycles. The first-order chi connectivity index (χ1) is 6.83. The van der Waals surface area contributed by atoms with E-state index in [0.717, 1.165) is 17.5 Å². The third-order valence-electron chi connectivity index (χ3n) is 1.66. The van der Waals surface area contributed by atoms with Crippen molar-refractivity contribution >= 4 is 22.0 Å². The number of hydrogen-bond acceptors (Lipinski definition) is 1. The van der Waals surface area contributed by atoms with Crippen molar-refractivity contribution in [3.05, 3.63) is 47.3 Å². The molecule has 0 bridgehead atoms. The second kappa shape index (κ2) is 6.80. The molecule has 0 spiro atoms. The molecular weight excluding hydrogens is 240 g/mol. The molecule has 75 valence electrons. The van der Waals surface area contributed by atoms with Gasteiger partial charge in [-0.3, -0.25) is 0 Å². The molecule has 1 aromatic carbocycles. The summed E-state index contributed by atoms with van der Waals surface area (Å²) in [7, 11) is 0. The minimum absolute atomic E-state index is 0.655. The van der Waals surface area contributed by atoms with E-state index in [1.807, 2.05) is 24.3 Å². The van der Waals surface area contributed by atoms with Crippen molar-refractivity contribution in [1.29, 1.82) is 0 Å². The summed E-state index contributed by atoms with van der Waals surface area (Å²) in [5.74, 6) is 0. The highest BCUT2D eigenvalue weighted by atomic mass is 79.9. The average molecular weight is 254 g/mol. The number of hydrogen-bond donors (Lipinski definition) is 0. The minimum Gasteiger partial charge on any atom is -0.377 e. The Morgan fingerprint density at radius 1 is 1.43 bits per heavy atom. The highest BCUT2D eigenvalue weighted by Gasteiger charge is 1.87. The molecule has 0 aliphatic heterocycles. The van der Waals surface area contributed by atoms with Crippen LogP contribution < -0.4 is 0 Å². The van der Waals surface area contributed by atoms with Crippen molar-refractivity contribution in [3.8, 4) is 0 Å². The van der Waals surface area contributed by atoms with E-state index < -0.39 is 0 Å². The molecule has 0 N–H and O–H groups in total. The lowest BCUT2D eigenvalue weighted by Gasteiger charge is -1.97. The van der Waals surface area contributed by atoms with Crippen LogP contribution in [0, 0.1) is 6.92 Å². The van der Waals surface area contributed by atoms with E-state index in [-0.39, 0.29) is 0 Å². The van der Waals surface area contributed by atoms with E-state index in [2.05, 4.69) is 35.0 Å². The number of halogens is 1. The molecule has 0 heterocycles. The van der Waals surface area contributed by atoms with Crippen molar-refractivity contribution in [3.63, 3.8) is 0 Å². The van der Waals surface area contributed by atoms with Gasteiger partial charge in [-0.1, -0.05) is 47.1 Å². The van der Waals surface area contributed by atoms with E-state index in [4.69, 9.17) is 4.74 Å². The average Bonchev–Trinajstić information content (AvgIpc) is 2.18. The fourth-order valence-corrected chi connectivity index (χ4v) is 1.46. The van der Waals surface area contributed by atoms with Crippen LogP contribution >= 0.6 is 15.9 Å². The van der Waals surface area contributed by atoms with Gasteiger partial charge in [-0.15, -0.1) is 0 Å². The third-order valence-corrected chi connectivity index (χ3v) is 2.15. The molecule has 1 aromatic rings. The lowest BCUT2D eigenvalue weighted by atomic mass is 10.2. The van der Waals surface area contributed by atoms with Crippen LogP contribution in [0.3, 0.4) is 0 Å². The van der Waals surface area contributed by atoms with Crippen LogP contribution in [-0.2, 0) is 4.74 Å². The summed E-state index contributed by atoms with van der Waals surface area (Å²) in [6, 6.07) is 8.15. The third kappa shape index (κ3) is 4.58. The molecule has 1 rings (SSSR count). The molecule has 0 saturated carbocycles. The molecular formula is C12H14BrO. The first-order valence-electron chi connectivity index (χ1n) is 4.62. The van der Waals surface area contributed by atoms with Crippen molar-refractivity contribution < 1.29 is 4.74 Å². The summed E-state index contributed by atoms with van der Waals surface area (Å²) in [6.45, 7) is 5.08. The van der Waals surface area contributed by atoms with Crippen LogP contribution in [0.2, 0.25) is 0 Å². The second-order valence-electron chi connectivity index (χ2n) is 2.89. The molecule has 0 aliphatic carbocycles. The van der Waals surface area contributed by atoms with Gasteiger partial charge < -0.3 is 4.74 Å². The van der Waals surface area contributed by atoms with Gasteiger partial charge in [0.25, 0.3) is 0 Å². The quantitative estimate of drug-likeness (QED) is 0.728. The maximum absolute atomic E-state index is 5.27. The summed E-state index contributed by atoms with van der Waals surface area (Å²) >= 11 is 3.42. The lowest BCUT2D eigenvalue weighted by molar-refractivity contribution is 0.167. The molecule has 0 aromatic heterocycles. The summed E-state index contributed by atoms with van der Waals surface area (Å²) in [6.07, 6.45) is 4.88. The van der Waals surface area contributed by atoms with Crippen LogP contribution in [0.4, 0.5) is 0 Å². The summed E-state index contributed by atoms with van der Waals surface area (Å²) in [5, 5.41) is 0. The van der Waals surface area contributed by atoms with Crippen LogP contribution in [0.5, 0.6) is 0 Å². The number of rotatable bonds is 5. The van der Waals surface area contributed by atoms with E-state index in [1.165, 1.54) is 5.56 Å². The largest absolute Gasteiger partial charge is 0.377 e. The maximum Gasteiger partial charge on any atom is 0.0650 e. The minimum atomic E-state index is 0.655.